The SMILES string of the molecule is CCOC(=O)c1sc(C=CCCO)nc1C. The second-order valence-corrected chi connectivity index (χ2v) is 4.13. The molecule has 1 heterocycles. The van der Waals surface area contributed by atoms with Gasteiger partial charge in [0, 0.05) is 6.61 Å². The molecule has 5 heteroatoms. The van der Waals surface area contributed by atoms with Gasteiger partial charge in [-0.25, -0.2) is 9.78 Å². The summed E-state index contributed by atoms with van der Waals surface area (Å²) in [6.07, 6.45) is 4.22. The van der Waals surface area contributed by atoms with Gasteiger partial charge in [0.25, 0.3) is 0 Å². The molecule has 0 aromatic carbocycles. The van der Waals surface area contributed by atoms with Gasteiger partial charge in [-0.1, -0.05) is 6.08 Å². The lowest BCUT2D eigenvalue weighted by molar-refractivity contribution is 0.0531. The van der Waals surface area contributed by atoms with Crippen LogP contribution in [0.4, 0.5) is 0 Å². The Morgan fingerprint density at radius 2 is 2.38 bits per heavy atom. The fourth-order valence-electron chi connectivity index (χ4n) is 1.13. The van der Waals surface area contributed by atoms with Crippen LogP contribution in [0.15, 0.2) is 6.08 Å². The first kappa shape index (κ1) is 12.9. The summed E-state index contributed by atoms with van der Waals surface area (Å²) in [5, 5.41) is 9.38. The lowest BCUT2D eigenvalue weighted by atomic mass is 10.4. The zero-order valence-electron chi connectivity index (χ0n) is 9.40. The molecule has 0 bridgehead atoms. The normalized spacial score (nSPS) is 10.9. The van der Waals surface area contributed by atoms with E-state index in [1.54, 1.807) is 19.9 Å². The predicted molar refractivity (Wildman–Crippen MR) is 63.5 cm³/mol. The summed E-state index contributed by atoms with van der Waals surface area (Å²) in [5.41, 5.74) is 0.687. The molecule has 1 N–H and O–H groups in total. The number of aliphatic hydroxyl groups is 1. The highest BCUT2D eigenvalue weighted by Crippen LogP contribution is 2.20. The molecular formula is C11H15NO3S. The molecule has 0 aliphatic rings. The van der Waals surface area contributed by atoms with Gasteiger partial charge in [0.2, 0.25) is 0 Å². The summed E-state index contributed by atoms with van der Waals surface area (Å²) < 4.78 is 4.92. The van der Waals surface area contributed by atoms with Crippen molar-refractivity contribution in [1.29, 1.82) is 0 Å². The van der Waals surface area contributed by atoms with E-state index in [0.29, 0.717) is 23.6 Å². The highest BCUT2D eigenvalue weighted by molar-refractivity contribution is 7.14. The zero-order chi connectivity index (χ0) is 12.0. The van der Waals surface area contributed by atoms with Crippen LogP contribution in [0.5, 0.6) is 0 Å². The molecule has 0 fully saturated rings. The molecule has 1 aromatic rings. The number of esters is 1. The maximum absolute atomic E-state index is 11.5. The van der Waals surface area contributed by atoms with Crippen molar-refractivity contribution in [2.75, 3.05) is 13.2 Å². The van der Waals surface area contributed by atoms with Crippen LogP contribution in [0.3, 0.4) is 0 Å². The van der Waals surface area contributed by atoms with Gasteiger partial charge in [0.15, 0.2) is 0 Å². The molecule has 0 aliphatic carbocycles. The quantitative estimate of drug-likeness (QED) is 0.801. The van der Waals surface area contributed by atoms with E-state index in [1.807, 2.05) is 6.08 Å². The molecule has 16 heavy (non-hydrogen) atoms. The number of aryl methyl sites for hydroxylation is 1. The van der Waals surface area contributed by atoms with E-state index in [1.165, 1.54) is 11.3 Å². The standard InChI is InChI=1S/C11H15NO3S/c1-3-15-11(14)10-8(2)12-9(16-10)6-4-5-7-13/h4,6,13H,3,5,7H2,1-2H3. The van der Waals surface area contributed by atoms with E-state index < -0.39 is 0 Å². The summed E-state index contributed by atoms with van der Waals surface area (Å²) >= 11 is 1.30. The Bertz CT molecular complexity index is 385. The van der Waals surface area contributed by atoms with Crippen LogP contribution in [-0.4, -0.2) is 29.3 Å². The minimum Gasteiger partial charge on any atom is -0.462 e. The van der Waals surface area contributed by atoms with E-state index in [4.69, 9.17) is 9.84 Å². The largest absolute Gasteiger partial charge is 0.462 e. The Hall–Kier alpha value is -1.20. The van der Waals surface area contributed by atoms with Crippen LogP contribution in [-0.2, 0) is 4.74 Å². The Morgan fingerprint density at radius 3 is 3.00 bits per heavy atom. The topological polar surface area (TPSA) is 59.4 Å². The molecule has 1 aromatic heterocycles. The maximum atomic E-state index is 11.5. The minimum atomic E-state index is -0.320. The fraction of sp³-hybridized carbons (Fsp3) is 0.455. The average Bonchev–Trinajstić information content (AvgIpc) is 2.61. The van der Waals surface area contributed by atoms with Crippen LogP contribution >= 0.6 is 11.3 Å². The molecule has 0 spiro atoms. The van der Waals surface area contributed by atoms with E-state index in [9.17, 15) is 4.79 Å². The molecular weight excluding hydrogens is 226 g/mol. The van der Waals surface area contributed by atoms with Gasteiger partial charge in [0.1, 0.15) is 9.88 Å². The minimum absolute atomic E-state index is 0.117. The molecule has 0 saturated heterocycles. The molecule has 0 radical (unpaired) electrons. The zero-order valence-corrected chi connectivity index (χ0v) is 10.2. The predicted octanol–water partition coefficient (Wildman–Crippen LogP) is 2.02. The Morgan fingerprint density at radius 1 is 1.62 bits per heavy atom. The first-order valence-corrected chi connectivity index (χ1v) is 5.92. The Kier molecular flexibility index (Phi) is 5.14. The lowest BCUT2D eigenvalue weighted by Crippen LogP contribution is -2.03. The molecule has 0 aliphatic heterocycles. The number of thiazole rings is 1. The molecule has 0 saturated carbocycles. The van der Waals surface area contributed by atoms with Gasteiger partial charge >= 0.3 is 5.97 Å². The molecule has 0 amide bonds. The van der Waals surface area contributed by atoms with Gasteiger partial charge in [-0.2, -0.15) is 0 Å². The van der Waals surface area contributed by atoms with Gasteiger partial charge in [-0.05, 0) is 26.3 Å². The van der Waals surface area contributed by atoms with Crippen molar-refractivity contribution in [2.24, 2.45) is 0 Å². The van der Waals surface area contributed by atoms with Crippen molar-refractivity contribution in [3.63, 3.8) is 0 Å². The van der Waals surface area contributed by atoms with Crippen LogP contribution in [0, 0.1) is 6.92 Å². The molecule has 0 atom stereocenters. The number of hydrogen-bond acceptors (Lipinski definition) is 5. The van der Waals surface area contributed by atoms with Crippen molar-refractivity contribution >= 4 is 23.4 Å². The van der Waals surface area contributed by atoms with Gasteiger partial charge < -0.3 is 9.84 Å². The second-order valence-electron chi connectivity index (χ2n) is 3.10. The number of hydrogen-bond donors (Lipinski definition) is 1. The summed E-state index contributed by atoms with van der Waals surface area (Å²) in [4.78, 5) is 16.3. The number of carbonyl (C=O) groups excluding carboxylic acids is 1. The van der Waals surface area contributed by atoms with E-state index in [0.717, 1.165) is 5.01 Å². The number of carbonyl (C=O) groups is 1. The van der Waals surface area contributed by atoms with Crippen LogP contribution in [0.1, 0.15) is 33.7 Å². The van der Waals surface area contributed by atoms with Crippen LogP contribution in [0.25, 0.3) is 6.08 Å². The molecule has 1 rings (SSSR count). The smallest absolute Gasteiger partial charge is 0.350 e. The summed E-state index contributed by atoms with van der Waals surface area (Å²) in [6.45, 7) is 4.04. The second kappa shape index (κ2) is 6.40. The number of rotatable bonds is 5. The van der Waals surface area contributed by atoms with E-state index >= 15 is 0 Å². The average molecular weight is 241 g/mol. The number of ether oxygens (including phenoxy) is 1. The van der Waals surface area contributed by atoms with Crippen molar-refractivity contribution < 1.29 is 14.6 Å². The summed E-state index contributed by atoms with van der Waals surface area (Å²) in [5.74, 6) is -0.320. The number of aliphatic hydroxyl groups excluding tert-OH is 1. The third-order valence-electron chi connectivity index (χ3n) is 1.83. The van der Waals surface area contributed by atoms with Gasteiger partial charge in [-0.3, -0.25) is 0 Å². The number of nitrogens with zero attached hydrogens (tertiary/aromatic N) is 1. The summed E-state index contributed by atoms with van der Waals surface area (Å²) in [7, 11) is 0. The maximum Gasteiger partial charge on any atom is 0.350 e. The highest BCUT2D eigenvalue weighted by Gasteiger charge is 2.14. The van der Waals surface area contributed by atoms with Crippen molar-refractivity contribution in [3.8, 4) is 0 Å². The van der Waals surface area contributed by atoms with Crippen molar-refractivity contribution in [2.45, 2.75) is 20.3 Å². The van der Waals surface area contributed by atoms with Crippen molar-refractivity contribution in [3.05, 3.63) is 21.7 Å². The monoisotopic (exact) mass is 241 g/mol. The summed E-state index contributed by atoms with van der Waals surface area (Å²) in [6, 6.07) is 0. The lowest BCUT2D eigenvalue weighted by Gasteiger charge is -1.97. The Balaban J connectivity index is 2.77. The van der Waals surface area contributed by atoms with Gasteiger partial charge in [0.05, 0.1) is 12.3 Å². The number of aromatic nitrogens is 1. The third kappa shape index (κ3) is 3.43. The first-order chi connectivity index (χ1) is 7.69. The molecule has 4 nitrogen and oxygen atoms in total. The third-order valence-corrected chi connectivity index (χ3v) is 2.93. The van der Waals surface area contributed by atoms with E-state index in [2.05, 4.69) is 4.98 Å². The van der Waals surface area contributed by atoms with E-state index in [-0.39, 0.29) is 12.6 Å². The first-order valence-electron chi connectivity index (χ1n) is 5.11. The van der Waals surface area contributed by atoms with Crippen LogP contribution in [0.2, 0.25) is 0 Å². The highest BCUT2D eigenvalue weighted by atomic mass is 32.1. The van der Waals surface area contributed by atoms with Crippen molar-refractivity contribution in [1.82, 2.24) is 4.98 Å². The van der Waals surface area contributed by atoms with Gasteiger partial charge in [-0.15, -0.1) is 11.3 Å². The fourth-order valence-corrected chi connectivity index (χ4v) is 2.02. The Labute approximate surface area is 98.6 Å². The molecule has 0 unspecified atom stereocenters. The van der Waals surface area contributed by atoms with Crippen LogP contribution < -0.4 is 0 Å². The molecule has 88 valence electrons.